The predicted octanol–water partition coefficient (Wildman–Crippen LogP) is 2.53. The molecule has 100 valence electrons. The van der Waals surface area contributed by atoms with Crippen LogP contribution in [0.2, 0.25) is 0 Å². The molecule has 2 heterocycles. The van der Waals surface area contributed by atoms with E-state index < -0.39 is 0 Å². The Bertz CT molecular complexity index is 791. The first kappa shape index (κ1) is 12.3. The standard InChI is InChI=1S/C15H14N4O/c1-10-5-6-16-14(7-10)18-15(20)11-3-4-13-12(8-11)17-9-19(13)2/h3-9H,1-2H3,(H,16,18,20). The zero-order valence-corrected chi connectivity index (χ0v) is 11.3. The Kier molecular flexibility index (Phi) is 2.95. The minimum Gasteiger partial charge on any atom is -0.334 e. The van der Waals surface area contributed by atoms with Crippen LogP contribution in [0.3, 0.4) is 0 Å². The minimum atomic E-state index is -0.185. The molecule has 0 spiro atoms. The topological polar surface area (TPSA) is 59.8 Å². The Morgan fingerprint density at radius 2 is 2.05 bits per heavy atom. The van der Waals surface area contributed by atoms with Crippen molar-refractivity contribution in [2.24, 2.45) is 7.05 Å². The second-order valence-electron chi connectivity index (χ2n) is 4.73. The fourth-order valence-electron chi connectivity index (χ4n) is 2.07. The van der Waals surface area contributed by atoms with Gasteiger partial charge >= 0.3 is 0 Å². The van der Waals surface area contributed by atoms with E-state index in [1.807, 2.05) is 36.7 Å². The molecule has 0 saturated heterocycles. The van der Waals surface area contributed by atoms with Crippen LogP contribution in [0.4, 0.5) is 5.82 Å². The molecule has 2 aromatic heterocycles. The highest BCUT2D eigenvalue weighted by atomic mass is 16.1. The van der Waals surface area contributed by atoms with E-state index in [9.17, 15) is 4.79 Å². The van der Waals surface area contributed by atoms with E-state index in [1.165, 1.54) is 0 Å². The lowest BCUT2D eigenvalue weighted by Crippen LogP contribution is -2.12. The van der Waals surface area contributed by atoms with Crippen molar-refractivity contribution in [3.63, 3.8) is 0 Å². The number of hydrogen-bond acceptors (Lipinski definition) is 3. The third-order valence-electron chi connectivity index (χ3n) is 3.14. The van der Waals surface area contributed by atoms with Gasteiger partial charge in [-0.2, -0.15) is 0 Å². The number of aromatic nitrogens is 3. The van der Waals surface area contributed by atoms with Crippen LogP contribution in [0.5, 0.6) is 0 Å². The number of aryl methyl sites for hydroxylation is 2. The van der Waals surface area contributed by atoms with Crippen molar-refractivity contribution in [1.29, 1.82) is 0 Å². The first-order valence-corrected chi connectivity index (χ1v) is 6.28. The van der Waals surface area contributed by atoms with Crippen LogP contribution in [0, 0.1) is 6.92 Å². The van der Waals surface area contributed by atoms with Crippen molar-refractivity contribution in [2.75, 3.05) is 5.32 Å². The highest BCUT2D eigenvalue weighted by Crippen LogP contribution is 2.15. The van der Waals surface area contributed by atoms with Gasteiger partial charge in [-0.05, 0) is 42.8 Å². The predicted molar refractivity (Wildman–Crippen MR) is 77.6 cm³/mol. The SMILES string of the molecule is Cc1ccnc(NC(=O)c2ccc3c(c2)ncn3C)c1. The highest BCUT2D eigenvalue weighted by Gasteiger charge is 2.09. The lowest BCUT2D eigenvalue weighted by Gasteiger charge is -2.05. The van der Waals surface area contributed by atoms with Gasteiger partial charge < -0.3 is 9.88 Å². The van der Waals surface area contributed by atoms with Crippen molar-refractivity contribution in [3.8, 4) is 0 Å². The Morgan fingerprint density at radius 3 is 2.85 bits per heavy atom. The summed E-state index contributed by atoms with van der Waals surface area (Å²) >= 11 is 0. The van der Waals surface area contributed by atoms with Gasteiger partial charge in [0.15, 0.2) is 0 Å². The van der Waals surface area contributed by atoms with E-state index in [2.05, 4.69) is 15.3 Å². The molecule has 0 fully saturated rings. The molecule has 0 radical (unpaired) electrons. The van der Waals surface area contributed by atoms with E-state index in [0.29, 0.717) is 11.4 Å². The number of fused-ring (bicyclic) bond motifs is 1. The highest BCUT2D eigenvalue weighted by molar-refractivity contribution is 6.05. The van der Waals surface area contributed by atoms with Crippen molar-refractivity contribution < 1.29 is 4.79 Å². The van der Waals surface area contributed by atoms with Crippen LogP contribution in [-0.4, -0.2) is 20.4 Å². The molecule has 0 aliphatic carbocycles. The maximum absolute atomic E-state index is 12.2. The minimum absolute atomic E-state index is 0.185. The number of carbonyl (C=O) groups excluding carboxylic acids is 1. The molecule has 1 N–H and O–H groups in total. The fourth-order valence-corrected chi connectivity index (χ4v) is 2.07. The number of nitrogens with zero attached hydrogens (tertiary/aromatic N) is 3. The van der Waals surface area contributed by atoms with Gasteiger partial charge in [0.05, 0.1) is 17.4 Å². The quantitative estimate of drug-likeness (QED) is 0.775. The van der Waals surface area contributed by atoms with Gasteiger partial charge in [-0.15, -0.1) is 0 Å². The van der Waals surface area contributed by atoms with Crippen molar-refractivity contribution in [3.05, 3.63) is 54.0 Å². The van der Waals surface area contributed by atoms with Crippen LogP contribution >= 0.6 is 0 Å². The first-order chi connectivity index (χ1) is 9.63. The van der Waals surface area contributed by atoms with Crippen LogP contribution in [0.15, 0.2) is 42.9 Å². The summed E-state index contributed by atoms with van der Waals surface area (Å²) < 4.78 is 1.92. The average molecular weight is 266 g/mol. The molecule has 0 unspecified atom stereocenters. The maximum Gasteiger partial charge on any atom is 0.256 e. The summed E-state index contributed by atoms with van der Waals surface area (Å²) in [6.45, 7) is 1.96. The molecule has 0 atom stereocenters. The van der Waals surface area contributed by atoms with Gasteiger partial charge in [-0.3, -0.25) is 4.79 Å². The summed E-state index contributed by atoms with van der Waals surface area (Å²) in [5, 5.41) is 2.79. The number of carbonyl (C=O) groups is 1. The molecule has 0 aliphatic rings. The number of amides is 1. The zero-order valence-electron chi connectivity index (χ0n) is 11.3. The summed E-state index contributed by atoms with van der Waals surface area (Å²) in [5.41, 5.74) is 3.42. The van der Waals surface area contributed by atoms with Crippen LogP contribution in [0.25, 0.3) is 11.0 Å². The molecule has 5 heteroatoms. The van der Waals surface area contributed by atoms with E-state index in [0.717, 1.165) is 16.6 Å². The fraction of sp³-hybridized carbons (Fsp3) is 0.133. The van der Waals surface area contributed by atoms with Gasteiger partial charge in [0.2, 0.25) is 0 Å². The number of benzene rings is 1. The molecular formula is C15H14N4O. The molecule has 0 bridgehead atoms. The lowest BCUT2D eigenvalue weighted by atomic mass is 10.2. The van der Waals surface area contributed by atoms with E-state index >= 15 is 0 Å². The zero-order chi connectivity index (χ0) is 14.1. The summed E-state index contributed by atoms with van der Waals surface area (Å²) in [4.78, 5) is 20.6. The van der Waals surface area contributed by atoms with Crippen LogP contribution in [0.1, 0.15) is 15.9 Å². The third-order valence-corrected chi connectivity index (χ3v) is 3.14. The molecule has 0 aliphatic heterocycles. The van der Waals surface area contributed by atoms with Gasteiger partial charge in [0.25, 0.3) is 5.91 Å². The second-order valence-corrected chi connectivity index (χ2v) is 4.73. The second kappa shape index (κ2) is 4.77. The number of pyridine rings is 1. The molecular weight excluding hydrogens is 252 g/mol. The van der Waals surface area contributed by atoms with Crippen LogP contribution in [-0.2, 0) is 7.05 Å². The van der Waals surface area contributed by atoms with E-state index in [-0.39, 0.29) is 5.91 Å². The monoisotopic (exact) mass is 266 g/mol. The molecule has 1 aromatic carbocycles. The number of rotatable bonds is 2. The van der Waals surface area contributed by atoms with Crippen molar-refractivity contribution >= 4 is 22.8 Å². The molecule has 1 amide bonds. The van der Waals surface area contributed by atoms with E-state index in [1.54, 1.807) is 24.7 Å². The number of imidazole rings is 1. The summed E-state index contributed by atoms with van der Waals surface area (Å²) in [6.07, 6.45) is 3.40. The molecule has 0 saturated carbocycles. The Hall–Kier alpha value is -2.69. The molecule has 5 nitrogen and oxygen atoms in total. The van der Waals surface area contributed by atoms with Gasteiger partial charge in [0, 0.05) is 18.8 Å². The Balaban J connectivity index is 1.88. The Labute approximate surface area is 116 Å². The smallest absolute Gasteiger partial charge is 0.256 e. The Morgan fingerprint density at radius 1 is 1.20 bits per heavy atom. The maximum atomic E-state index is 12.2. The summed E-state index contributed by atoms with van der Waals surface area (Å²) in [7, 11) is 1.92. The molecule has 3 aromatic rings. The number of hydrogen-bond donors (Lipinski definition) is 1. The van der Waals surface area contributed by atoms with Gasteiger partial charge in [0.1, 0.15) is 5.82 Å². The normalized spacial score (nSPS) is 10.7. The van der Waals surface area contributed by atoms with Gasteiger partial charge in [-0.1, -0.05) is 0 Å². The molecule has 3 rings (SSSR count). The molecule has 20 heavy (non-hydrogen) atoms. The average Bonchev–Trinajstić information content (AvgIpc) is 2.80. The van der Waals surface area contributed by atoms with E-state index in [4.69, 9.17) is 0 Å². The third kappa shape index (κ3) is 2.25. The summed E-state index contributed by atoms with van der Waals surface area (Å²) in [5.74, 6) is 0.367. The van der Waals surface area contributed by atoms with Gasteiger partial charge in [-0.25, -0.2) is 9.97 Å². The van der Waals surface area contributed by atoms with Crippen molar-refractivity contribution in [2.45, 2.75) is 6.92 Å². The van der Waals surface area contributed by atoms with Crippen molar-refractivity contribution in [1.82, 2.24) is 14.5 Å². The lowest BCUT2D eigenvalue weighted by molar-refractivity contribution is 0.102. The number of nitrogens with one attached hydrogen (secondary N) is 1. The number of anilines is 1. The largest absolute Gasteiger partial charge is 0.334 e. The summed E-state index contributed by atoms with van der Waals surface area (Å²) in [6, 6.07) is 9.17. The van der Waals surface area contributed by atoms with Crippen LogP contribution < -0.4 is 5.32 Å². The first-order valence-electron chi connectivity index (χ1n) is 6.28.